The summed E-state index contributed by atoms with van der Waals surface area (Å²) in [6.45, 7) is 6.07. The Bertz CT molecular complexity index is 572. The topological polar surface area (TPSA) is 54.3 Å². The monoisotopic (exact) mass is 345 g/mol. The zero-order valence-electron chi connectivity index (χ0n) is 15.4. The first-order chi connectivity index (χ1) is 12.2. The molecular weight excluding hydrogens is 314 g/mol. The van der Waals surface area contributed by atoms with E-state index in [0.29, 0.717) is 36.8 Å². The molecule has 3 saturated heterocycles. The molecule has 6 heteroatoms. The molecule has 4 atom stereocenters. The Morgan fingerprint density at radius 3 is 2.96 bits per heavy atom. The molecule has 0 spiro atoms. The van der Waals surface area contributed by atoms with Crippen LogP contribution in [0.4, 0.5) is 0 Å². The molecule has 25 heavy (non-hydrogen) atoms. The number of carbonyl (C=O) groups is 1. The maximum atomic E-state index is 12.7. The Morgan fingerprint density at radius 1 is 1.24 bits per heavy atom. The van der Waals surface area contributed by atoms with Crippen LogP contribution in [-0.4, -0.2) is 62.2 Å². The van der Waals surface area contributed by atoms with Crippen molar-refractivity contribution in [2.24, 2.45) is 11.8 Å². The number of likely N-dealkylation sites (tertiary alicyclic amines) is 1. The number of hydrogen-bond donors (Lipinski definition) is 0. The molecule has 3 aliphatic rings. The molecule has 6 nitrogen and oxygen atoms in total. The van der Waals surface area contributed by atoms with Crippen LogP contribution < -0.4 is 0 Å². The number of rotatable bonds is 5. The number of piperidine rings is 3. The zero-order chi connectivity index (χ0) is 17.2. The predicted octanol–water partition coefficient (Wildman–Crippen LogP) is 2.17. The van der Waals surface area contributed by atoms with Crippen LogP contribution in [0, 0.1) is 11.8 Å². The molecule has 1 amide bonds. The van der Waals surface area contributed by atoms with Crippen molar-refractivity contribution in [3.63, 3.8) is 0 Å². The van der Waals surface area contributed by atoms with Gasteiger partial charge in [-0.05, 0) is 37.5 Å². The molecule has 0 saturated carbocycles. The van der Waals surface area contributed by atoms with Crippen LogP contribution in [0.5, 0.6) is 0 Å². The Morgan fingerprint density at radius 2 is 2.16 bits per heavy atom. The third-order valence-electron chi connectivity index (χ3n) is 6.51. The highest BCUT2D eigenvalue weighted by Crippen LogP contribution is 2.40. The summed E-state index contributed by atoms with van der Waals surface area (Å²) in [5.41, 5.74) is 0. The molecule has 4 heterocycles. The van der Waals surface area contributed by atoms with E-state index in [1.165, 1.54) is 51.4 Å². The fourth-order valence-corrected chi connectivity index (χ4v) is 5.48. The molecule has 0 N–H and O–H groups in total. The van der Waals surface area contributed by atoms with Crippen molar-refractivity contribution in [1.29, 1.82) is 0 Å². The molecule has 0 aliphatic carbocycles. The van der Waals surface area contributed by atoms with Gasteiger partial charge in [-0.25, -0.2) is 4.98 Å². The third-order valence-corrected chi connectivity index (χ3v) is 6.51. The van der Waals surface area contributed by atoms with E-state index in [9.17, 15) is 4.79 Å². The van der Waals surface area contributed by atoms with Crippen molar-refractivity contribution in [1.82, 2.24) is 24.6 Å². The van der Waals surface area contributed by atoms with Crippen molar-refractivity contribution in [3.05, 3.63) is 12.7 Å². The van der Waals surface area contributed by atoms with Crippen molar-refractivity contribution in [2.45, 2.75) is 70.5 Å². The Balaban J connectivity index is 1.37. The van der Waals surface area contributed by atoms with E-state index >= 15 is 0 Å². The maximum absolute atomic E-state index is 12.7. The molecular formula is C19H31N5O. The van der Waals surface area contributed by atoms with Crippen LogP contribution >= 0.6 is 0 Å². The van der Waals surface area contributed by atoms with Crippen molar-refractivity contribution in [2.75, 3.05) is 19.6 Å². The molecule has 4 rings (SSSR count). The largest absolute Gasteiger partial charge is 0.342 e. The summed E-state index contributed by atoms with van der Waals surface area (Å²) in [4.78, 5) is 21.6. The molecule has 0 unspecified atom stereocenters. The number of amides is 1. The molecule has 0 radical (unpaired) electrons. The van der Waals surface area contributed by atoms with Gasteiger partial charge in [0.25, 0.3) is 0 Å². The predicted molar refractivity (Wildman–Crippen MR) is 95.9 cm³/mol. The summed E-state index contributed by atoms with van der Waals surface area (Å²) in [5.74, 6) is 1.64. The van der Waals surface area contributed by atoms with E-state index in [1.807, 2.05) is 0 Å². The average Bonchev–Trinajstić information content (AvgIpc) is 3.14. The first-order valence-corrected chi connectivity index (χ1v) is 10.1. The molecule has 1 aromatic rings. The van der Waals surface area contributed by atoms with E-state index in [0.717, 1.165) is 19.1 Å². The lowest BCUT2D eigenvalue weighted by molar-refractivity contribution is -0.139. The van der Waals surface area contributed by atoms with E-state index in [2.05, 4.69) is 26.8 Å². The van der Waals surface area contributed by atoms with Crippen LogP contribution in [0.2, 0.25) is 0 Å². The summed E-state index contributed by atoms with van der Waals surface area (Å²) in [7, 11) is 0. The Kier molecular flexibility index (Phi) is 5.06. The second-order valence-corrected chi connectivity index (χ2v) is 8.21. The zero-order valence-corrected chi connectivity index (χ0v) is 15.4. The number of aromatic nitrogens is 3. The molecule has 0 aromatic carbocycles. The Labute approximate surface area is 150 Å². The molecule has 3 aliphatic heterocycles. The smallest absolute Gasteiger partial charge is 0.224 e. The number of carbonyl (C=O) groups excluding carboxylic acids is 1. The summed E-state index contributed by atoms with van der Waals surface area (Å²) < 4.78 is 1.75. The highest BCUT2D eigenvalue weighted by molar-refractivity contribution is 5.76. The van der Waals surface area contributed by atoms with Gasteiger partial charge in [0.15, 0.2) is 0 Å². The minimum atomic E-state index is 0.291. The van der Waals surface area contributed by atoms with Crippen molar-refractivity contribution in [3.8, 4) is 0 Å². The standard InChI is InChI=1S/C19H31N5O/c1-2-4-17-5-3-6-18-16-9-15(11-24(17)18)10-22(12-16)19(25)7-8-23-14-20-13-21-23/h13-18H,2-12H2,1H3/t15-,16+,17-,18-/m0/s1. The van der Waals surface area contributed by atoms with Crippen LogP contribution in [0.1, 0.15) is 51.9 Å². The van der Waals surface area contributed by atoms with E-state index < -0.39 is 0 Å². The van der Waals surface area contributed by atoms with Gasteiger partial charge in [-0.1, -0.05) is 19.8 Å². The van der Waals surface area contributed by atoms with Gasteiger partial charge in [-0.2, -0.15) is 5.10 Å². The second-order valence-electron chi connectivity index (χ2n) is 8.21. The number of hydrogen-bond acceptors (Lipinski definition) is 4. The van der Waals surface area contributed by atoms with Crippen LogP contribution in [0.25, 0.3) is 0 Å². The summed E-state index contributed by atoms with van der Waals surface area (Å²) in [6, 6.07) is 1.51. The van der Waals surface area contributed by atoms with Crippen LogP contribution in [0.3, 0.4) is 0 Å². The third kappa shape index (κ3) is 3.59. The fraction of sp³-hybridized carbons (Fsp3) is 0.842. The lowest BCUT2D eigenvalue weighted by Gasteiger charge is -2.55. The highest BCUT2D eigenvalue weighted by atomic mass is 16.2. The molecule has 3 fully saturated rings. The lowest BCUT2D eigenvalue weighted by Crippen LogP contribution is -2.62. The lowest BCUT2D eigenvalue weighted by atomic mass is 9.74. The van der Waals surface area contributed by atoms with E-state index in [-0.39, 0.29) is 0 Å². The van der Waals surface area contributed by atoms with Gasteiger partial charge in [0.05, 0.1) is 6.54 Å². The van der Waals surface area contributed by atoms with Gasteiger partial charge in [0.2, 0.25) is 5.91 Å². The van der Waals surface area contributed by atoms with Crippen molar-refractivity contribution >= 4 is 5.91 Å². The average molecular weight is 345 g/mol. The van der Waals surface area contributed by atoms with Gasteiger partial charge < -0.3 is 4.90 Å². The van der Waals surface area contributed by atoms with Crippen LogP contribution in [0.15, 0.2) is 12.7 Å². The number of fused-ring (bicyclic) bond motifs is 4. The molecule has 1 aromatic heterocycles. The second kappa shape index (κ2) is 7.44. The number of aryl methyl sites for hydroxylation is 1. The van der Waals surface area contributed by atoms with E-state index in [1.54, 1.807) is 11.0 Å². The van der Waals surface area contributed by atoms with Crippen LogP contribution in [-0.2, 0) is 11.3 Å². The van der Waals surface area contributed by atoms with Gasteiger partial charge in [-0.3, -0.25) is 14.4 Å². The van der Waals surface area contributed by atoms with Gasteiger partial charge in [0, 0.05) is 38.1 Å². The highest BCUT2D eigenvalue weighted by Gasteiger charge is 2.44. The number of nitrogens with zero attached hydrogens (tertiary/aromatic N) is 5. The van der Waals surface area contributed by atoms with Gasteiger partial charge in [-0.15, -0.1) is 0 Å². The summed E-state index contributed by atoms with van der Waals surface area (Å²) >= 11 is 0. The first-order valence-electron chi connectivity index (χ1n) is 10.1. The van der Waals surface area contributed by atoms with Crippen molar-refractivity contribution < 1.29 is 4.79 Å². The SMILES string of the molecule is CCC[C@H]1CCC[C@H]2[C@@H]3C[C@@H](CN(C(=O)CCn4cncn4)C3)CN12. The maximum Gasteiger partial charge on any atom is 0.224 e. The van der Waals surface area contributed by atoms with Gasteiger partial charge >= 0.3 is 0 Å². The summed E-state index contributed by atoms with van der Waals surface area (Å²) in [6.07, 6.45) is 11.8. The van der Waals surface area contributed by atoms with E-state index in [4.69, 9.17) is 0 Å². The Hall–Kier alpha value is -1.43. The minimum absolute atomic E-state index is 0.291. The minimum Gasteiger partial charge on any atom is -0.342 e. The van der Waals surface area contributed by atoms with Gasteiger partial charge in [0.1, 0.15) is 12.7 Å². The fourth-order valence-electron chi connectivity index (χ4n) is 5.48. The quantitative estimate of drug-likeness (QED) is 0.821. The normalized spacial score (nSPS) is 32.4. The first kappa shape index (κ1) is 17.0. The summed E-state index contributed by atoms with van der Waals surface area (Å²) in [5, 5.41) is 4.10. The molecule has 138 valence electrons. The molecule has 2 bridgehead atoms.